The number of hydrogen-bond donors (Lipinski definition) is 0. The van der Waals surface area contributed by atoms with Gasteiger partial charge >= 0.3 is 0 Å². The van der Waals surface area contributed by atoms with E-state index in [1.165, 1.54) is 63.9 Å². The van der Waals surface area contributed by atoms with Crippen LogP contribution in [0, 0.1) is 0 Å². The van der Waals surface area contributed by atoms with Crippen LogP contribution in [0.15, 0.2) is 0 Å². The Morgan fingerprint density at radius 3 is 1.44 bits per heavy atom. The summed E-state index contributed by atoms with van der Waals surface area (Å²) in [5.41, 5.74) is 0. The minimum Gasteiger partial charge on any atom is -0.107 e. The molecule has 98 valence electrons. The first-order chi connectivity index (χ1) is 7.85. The molecule has 0 aliphatic rings. The Hall–Kier alpha value is 0.430. The van der Waals surface area contributed by atoms with E-state index in [0.717, 1.165) is 0 Å². The Morgan fingerprint density at radius 2 is 1.00 bits per heavy atom. The molecule has 1 heteroatoms. The third-order valence-electron chi connectivity index (χ3n) is 3.35. The molecule has 1 atom stereocenters. The van der Waals surface area contributed by atoms with Crippen molar-refractivity contribution in [1.29, 1.82) is 0 Å². The predicted octanol–water partition coefficient (Wildman–Crippen LogP) is 6.04. The fourth-order valence-corrected chi connectivity index (χ4v) is 4.33. The highest BCUT2D eigenvalue weighted by Gasteiger charge is 2.04. The summed E-state index contributed by atoms with van der Waals surface area (Å²) in [6.45, 7) is 7.00. The SMILES string of the molecule is CCCCCCCP(CC)CCCCCC. The zero-order chi connectivity index (χ0) is 12.1. The molecule has 0 aromatic heterocycles. The number of unbranched alkanes of at least 4 members (excludes halogenated alkanes) is 7. The first-order valence-electron chi connectivity index (χ1n) is 7.57. The molecule has 0 spiro atoms. The van der Waals surface area contributed by atoms with Crippen LogP contribution in [0.5, 0.6) is 0 Å². The second kappa shape index (κ2) is 13.5. The first-order valence-corrected chi connectivity index (χ1v) is 9.47. The zero-order valence-electron chi connectivity index (χ0n) is 11.9. The van der Waals surface area contributed by atoms with Gasteiger partial charge < -0.3 is 0 Å². The lowest BCUT2D eigenvalue weighted by Crippen LogP contribution is -1.94. The molecule has 0 amide bonds. The third-order valence-corrected chi connectivity index (χ3v) is 6.14. The van der Waals surface area contributed by atoms with Crippen LogP contribution in [0.4, 0.5) is 0 Å². The molecule has 0 saturated heterocycles. The quantitative estimate of drug-likeness (QED) is 0.290. The van der Waals surface area contributed by atoms with Gasteiger partial charge in [0.05, 0.1) is 0 Å². The highest BCUT2D eigenvalue weighted by molar-refractivity contribution is 7.57. The maximum atomic E-state index is 2.40. The molecule has 0 aliphatic carbocycles. The monoisotopic (exact) mass is 244 g/mol. The van der Waals surface area contributed by atoms with Gasteiger partial charge in [0, 0.05) is 0 Å². The van der Waals surface area contributed by atoms with Crippen molar-refractivity contribution in [1.82, 2.24) is 0 Å². The van der Waals surface area contributed by atoms with Crippen molar-refractivity contribution in [2.45, 2.75) is 78.6 Å². The van der Waals surface area contributed by atoms with Gasteiger partial charge in [-0.2, -0.15) is 0 Å². The van der Waals surface area contributed by atoms with E-state index in [1.54, 1.807) is 12.3 Å². The van der Waals surface area contributed by atoms with Crippen LogP contribution in [-0.4, -0.2) is 18.5 Å². The van der Waals surface area contributed by atoms with Crippen molar-refractivity contribution >= 4 is 7.92 Å². The van der Waals surface area contributed by atoms with Crippen LogP contribution >= 0.6 is 7.92 Å². The molecular weight excluding hydrogens is 211 g/mol. The zero-order valence-corrected chi connectivity index (χ0v) is 12.8. The van der Waals surface area contributed by atoms with E-state index in [0.29, 0.717) is 7.92 Å². The normalized spacial score (nSPS) is 12.9. The van der Waals surface area contributed by atoms with Gasteiger partial charge in [-0.25, -0.2) is 0 Å². The van der Waals surface area contributed by atoms with Gasteiger partial charge in [0.2, 0.25) is 0 Å². The molecule has 0 heterocycles. The van der Waals surface area contributed by atoms with E-state index in [1.807, 2.05) is 0 Å². The van der Waals surface area contributed by atoms with E-state index in [9.17, 15) is 0 Å². The summed E-state index contributed by atoms with van der Waals surface area (Å²) in [6, 6.07) is 0. The van der Waals surface area contributed by atoms with Crippen LogP contribution in [0.25, 0.3) is 0 Å². The van der Waals surface area contributed by atoms with Crippen molar-refractivity contribution < 1.29 is 0 Å². The average Bonchev–Trinajstić information content (AvgIpc) is 2.31. The van der Waals surface area contributed by atoms with Gasteiger partial charge in [-0.15, -0.1) is 7.92 Å². The van der Waals surface area contributed by atoms with E-state index < -0.39 is 0 Å². The lowest BCUT2D eigenvalue weighted by molar-refractivity contribution is 0.657. The van der Waals surface area contributed by atoms with Crippen LogP contribution in [0.2, 0.25) is 0 Å². The Morgan fingerprint density at radius 1 is 0.562 bits per heavy atom. The number of hydrogen-bond acceptors (Lipinski definition) is 0. The summed E-state index contributed by atoms with van der Waals surface area (Å²) in [4.78, 5) is 0. The van der Waals surface area contributed by atoms with E-state index >= 15 is 0 Å². The van der Waals surface area contributed by atoms with Gasteiger partial charge in [0.15, 0.2) is 0 Å². The van der Waals surface area contributed by atoms with Crippen molar-refractivity contribution in [3.63, 3.8) is 0 Å². The minimum absolute atomic E-state index is 0.404. The van der Waals surface area contributed by atoms with Crippen LogP contribution in [0.1, 0.15) is 78.6 Å². The maximum Gasteiger partial charge on any atom is -0.0326 e. The summed E-state index contributed by atoms with van der Waals surface area (Å²) in [5.74, 6) is 0. The standard InChI is InChI=1S/C15H33P/c1-4-7-9-11-13-15-16(6-3)14-12-10-8-5-2/h4-15H2,1-3H3. The Labute approximate surface area is 105 Å². The molecule has 0 aromatic rings. The molecule has 16 heavy (non-hydrogen) atoms. The van der Waals surface area contributed by atoms with Crippen LogP contribution in [-0.2, 0) is 0 Å². The van der Waals surface area contributed by atoms with Crippen LogP contribution < -0.4 is 0 Å². The smallest absolute Gasteiger partial charge is 0.0326 e. The molecule has 0 nitrogen and oxygen atoms in total. The summed E-state index contributed by atoms with van der Waals surface area (Å²) >= 11 is 0. The molecule has 0 bridgehead atoms. The first kappa shape index (κ1) is 16.4. The molecule has 0 fully saturated rings. The summed E-state index contributed by atoms with van der Waals surface area (Å²) in [5, 5.41) is 0. The van der Waals surface area contributed by atoms with Crippen molar-refractivity contribution in [3.05, 3.63) is 0 Å². The lowest BCUT2D eigenvalue weighted by Gasteiger charge is -2.15. The molecular formula is C15H33P. The second-order valence-corrected chi connectivity index (χ2v) is 7.78. The lowest BCUT2D eigenvalue weighted by atomic mass is 10.2. The van der Waals surface area contributed by atoms with Gasteiger partial charge in [-0.05, 0) is 31.3 Å². The fraction of sp³-hybridized carbons (Fsp3) is 1.00. The minimum atomic E-state index is 0.404. The van der Waals surface area contributed by atoms with Crippen molar-refractivity contribution in [2.24, 2.45) is 0 Å². The Bertz CT molecular complexity index is 123. The van der Waals surface area contributed by atoms with Gasteiger partial charge in [-0.1, -0.05) is 65.7 Å². The van der Waals surface area contributed by atoms with Crippen molar-refractivity contribution in [2.75, 3.05) is 18.5 Å². The fourth-order valence-electron chi connectivity index (χ4n) is 2.13. The molecule has 0 radical (unpaired) electrons. The Balaban J connectivity index is 3.29. The van der Waals surface area contributed by atoms with Gasteiger partial charge in [0.1, 0.15) is 0 Å². The summed E-state index contributed by atoms with van der Waals surface area (Å²) < 4.78 is 0. The topological polar surface area (TPSA) is 0 Å². The summed E-state index contributed by atoms with van der Waals surface area (Å²) in [6.07, 6.45) is 17.7. The molecule has 0 rings (SSSR count). The maximum absolute atomic E-state index is 2.40. The molecule has 0 N–H and O–H groups in total. The van der Waals surface area contributed by atoms with Gasteiger partial charge in [-0.3, -0.25) is 0 Å². The second-order valence-electron chi connectivity index (χ2n) is 4.91. The molecule has 0 aromatic carbocycles. The molecule has 1 unspecified atom stereocenters. The van der Waals surface area contributed by atoms with Crippen LogP contribution in [0.3, 0.4) is 0 Å². The third kappa shape index (κ3) is 10.9. The average molecular weight is 244 g/mol. The van der Waals surface area contributed by atoms with Crippen molar-refractivity contribution in [3.8, 4) is 0 Å². The highest BCUT2D eigenvalue weighted by Crippen LogP contribution is 2.37. The van der Waals surface area contributed by atoms with Gasteiger partial charge in [0.25, 0.3) is 0 Å². The number of rotatable bonds is 12. The van der Waals surface area contributed by atoms with E-state index in [4.69, 9.17) is 0 Å². The van der Waals surface area contributed by atoms with E-state index in [-0.39, 0.29) is 0 Å². The summed E-state index contributed by atoms with van der Waals surface area (Å²) in [7, 11) is 0.404. The predicted molar refractivity (Wildman–Crippen MR) is 80.1 cm³/mol. The molecule has 0 saturated carbocycles. The van der Waals surface area contributed by atoms with E-state index in [2.05, 4.69) is 20.8 Å². The largest absolute Gasteiger partial charge is 0.107 e. The Kier molecular flexibility index (Phi) is 13.9. The molecule has 0 aliphatic heterocycles. The highest BCUT2D eigenvalue weighted by atomic mass is 31.1.